The molecular formula is C20H27N3O2. The van der Waals surface area contributed by atoms with E-state index < -0.39 is 6.03 Å². The Morgan fingerprint density at radius 1 is 1.36 bits per heavy atom. The van der Waals surface area contributed by atoms with E-state index in [2.05, 4.69) is 35.7 Å². The standard InChI is InChI=1S/C20H27N3O2/c1-20-8-7-14(22-23-19(21)24)11-13(20)3-5-17-16-6-4-15(25-2)9-12(16)10-18(17)20/h4,6,9,13,17-18H,3,5,7-8,10-11H2,1-2H3,(H3,21,23,24). The number of benzene rings is 1. The van der Waals surface area contributed by atoms with Gasteiger partial charge in [-0.3, -0.25) is 0 Å². The molecule has 0 heterocycles. The summed E-state index contributed by atoms with van der Waals surface area (Å²) in [7, 11) is 1.74. The van der Waals surface area contributed by atoms with Crippen LogP contribution in [0.1, 0.15) is 56.1 Å². The molecule has 1 aromatic rings. The van der Waals surface area contributed by atoms with Crippen LogP contribution in [-0.2, 0) is 6.42 Å². The summed E-state index contributed by atoms with van der Waals surface area (Å²) in [5.74, 6) is 3.00. The Kier molecular flexibility index (Phi) is 3.97. The zero-order valence-electron chi connectivity index (χ0n) is 15.0. The van der Waals surface area contributed by atoms with E-state index in [4.69, 9.17) is 10.5 Å². The minimum absolute atomic E-state index is 0.348. The van der Waals surface area contributed by atoms with Gasteiger partial charge >= 0.3 is 6.03 Å². The molecule has 134 valence electrons. The van der Waals surface area contributed by atoms with Crippen LogP contribution in [0.4, 0.5) is 4.79 Å². The highest BCUT2D eigenvalue weighted by molar-refractivity contribution is 5.87. The normalized spacial score (nSPS) is 34.8. The van der Waals surface area contributed by atoms with Gasteiger partial charge in [0.05, 0.1) is 7.11 Å². The molecule has 0 aliphatic heterocycles. The molecule has 1 aromatic carbocycles. The number of carbonyl (C=O) groups excluding carboxylic acids is 1. The van der Waals surface area contributed by atoms with E-state index in [0.717, 1.165) is 37.1 Å². The van der Waals surface area contributed by atoms with Crippen LogP contribution in [-0.4, -0.2) is 18.9 Å². The number of primary amides is 1. The van der Waals surface area contributed by atoms with Gasteiger partial charge in [0.1, 0.15) is 5.75 Å². The van der Waals surface area contributed by atoms with Crippen molar-refractivity contribution >= 4 is 11.7 Å². The molecule has 3 aliphatic carbocycles. The van der Waals surface area contributed by atoms with Crippen molar-refractivity contribution < 1.29 is 9.53 Å². The monoisotopic (exact) mass is 341 g/mol. The van der Waals surface area contributed by atoms with Crippen LogP contribution in [0, 0.1) is 17.3 Å². The number of hydrogen-bond donors (Lipinski definition) is 2. The predicted octanol–water partition coefficient (Wildman–Crippen LogP) is 3.58. The first-order valence-corrected chi connectivity index (χ1v) is 9.29. The summed E-state index contributed by atoms with van der Waals surface area (Å²) in [6, 6.07) is 6.05. The van der Waals surface area contributed by atoms with Gasteiger partial charge in [-0.1, -0.05) is 13.0 Å². The number of nitrogens with two attached hydrogens (primary N) is 1. The van der Waals surface area contributed by atoms with Gasteiger partial charge in [-0.15, -0.1) is 0 Å². The van der Waals surface area contributed by atoms with E-state index in [1.54, 1.807) is 12.7 Å². The Morgan fingerprint density at radius 2 is 2.20 bits per heavy atom. The van der Waals surface area contributed by atoms with E-state index in [1.165, 1.54) is 18.4 Å². The van der Waals surface area contributed by atoms with Crippen molar-refractivity contribution in [1.29, 1.82) is 0 Å². The molecule has 0 aromatic heterocycles. The lowest BCUT2D eigenvalue weighted by Gasteiger charge is -2.52. The Bertz CT molecular complexity index is 730. The van der Waals surface area contributed by atoms with E-state index in [-0.39, 0.29) is 0 Å². The average Bonchev–Trinajstić information content (AvgIpc) is 2.98. The minimum Gasteiger partial charge on any atom is -0.497 e. The Labute approximate surface area is 149 Å². The van der Waals surface area contributed by atoms with Gasteiger partial charge in [-0.05, 0) is 85.0 Å². The summed E-state index contributed by atoms with van der Waals surface area (Å²) in [6.07, 6.45) is 6.73. The van der Waals surface area contributed by atoms with E-state index in [0.29, 0.717) is 23.2 Å². The van der Waals surface area contributed by atoms with Crippen LogP contribution in [0.3, 0.4) is 0 Å². The van der Waals surface area contributed by atoms with Gasteiger partial charge in [0, 0.05) is 5.71 Å². The fourth-order valence-corrected chi connectivity index (χ4v) is 5.67. The summed E-state index contributed by atoms with van der Waals surface area (Å²) in [5.41, 5.74) is 12.0. The highest BCUT2D eigenvalue weighted by Gasteiger charge is 2.52. The van der Waals surface area contributed by atoms with Crippen LogP contribution in [0.15, 0.2) is 23.3 Å². The van der Waals surface area contributed by atoms with E-state index in [1.807, 2.05) is 0 Å². The van der Waals surface area contributed by atoms with Crippen LogP contribution in [0.25, 0.3) is 0 Å². The number of urea groups is 1. The number of hydrazone groups is 1. The number of nitrogens with one attached hydrogen (secondary N) is 1. The Balaban J connectivity index is 1.56. The molecule has 4 rings (SSSR count). The average molecular weight is 341 g/mol. The van der Waals surface area contributed by atoms with Crippen LogP contribution in [0.5, 0.6) is 5.75 Å². The first-order chi connectivity index (χ1) is 12.0. The Hall–Kier alpha value is -2.04. The number of amides is 2. The quantitative estimate of drug-likeness (QED) is 0.807. The van der Waals surface area contributed by atoms with Gasteiger partial charge in [-0.25, -0.2) is 10.2 Å². The smallest absolute Gasteiger partial charge is 0.332 e. The number of hydrogen-bond acceptors (Lipinski definition) is 3. The van der Waals surface area contributed by atoms with Gasteiger partial charge in [0.2, 0.25) is 0 Å². The third-order valence-corrected chi connectivity index (χ3v) is 7.04. The number of rotatable bonds is 2. The predicted molar refractivity (Wildman–Crippen MR) is 97.8 cm³/mol. The molecule has 0 radical (unpaired) electrons. The van der Waals surface area contributed by atoms with Crippen LogP contribution >= 0.6 is 0 Å². The molecule has 0 bridgehead atoms. The molecule has 4 unspecified atom stereocenters. The molecule has 2 fully saturated rings. The molecule has 5 nitrogen and oxygen atoms in total. The molecule has 4 atom stereocenters. The molecule has 2 amide bonds. The first kappa shape index (κ1) is 16.4. The maximum Gasteiger partial charge on any atom is 0.332 e. The molecule has 0 saturated heterocycles. The molecule has 3 aliphatic rings. The van der Waals surface area contributed by atoms with Crippen molar-refractivity contribution in [2.75, 3.05) is 7.11 Å². The second-order valence-corrected chi connectivity index (χ2v) is 8.12. The number of methoxy groups -OCH3 is 1. The van der Waals surface area contributed by atoms with Crippen molar-refractivity contribution in [3.05, 3.63) is 29.3 Å². The van der Waals surface area contributed by atoms with Gasteiger partial charge in [0.25, 0.3) is 0 Å². The second-order valence-electron chi connectivity index (χ2n) is 8.12. The van der Waals surface area contributed by atoms with E-state index in [9.17, 15) is 4.79 Å². The van der Waals surface area contributed by atoms with Crippen molar-refractivity contribution in [2.45, 2.75) is 51.4 Å². The van der Waals surface area contributed by atoms with Crippen LogP contribution < -0.4 is 15.9 Å². The van der Waals surface area contributed by atoms with Gasteiger partial charge in [0.15, 0.2) is 0 Å². The highest BCUT2D eigenvalue weighted by atomic mass is 16.5. The molecular weight excluding hydrogens is 314 g/mol. The fourth-order valence-electron chi connectivity index (χ4n) is 5.67. The number of nitrogens with zero attached hydrogens (tertiary/aromatic N) is 1. The molecule has 3 N–H and O–H groups in total. The maximum atomic E-state index is 10.9. The SMILES string of the molecule is COc1ccc2c(c1)CC1C2CCC2CC(=NNC(N)=O)CCC21C. The summed E-state index contributed by atoms with van der Waals surface area (Å²) in [5, 5.41) is 4.23. The maximum absolute atomic E-state index is 10.9. The van der Waals surface area contributed by atoms with Crippen molar-refractivity contribution in [2.24, 2.45) is 28.1 Å². The fraction of sp³-hybridized carbons (Fsp3) is 0.600. The highest BCUT2D eigenvalue weighted by Crippen LogP contribution is 2.61. The number of ether oxygens (including phenoxy) is 1. The lowest BCUT2D eigenvalue weighted by atomic mass is 9.52. The summed E-state index contributed by atoms with van der Waals surface area (Å²) < 4.78 is 5.42. The lowest BCUT2D eigenvalue weighted by molar-refractivity contribution is 0.0192. The summed E-state index contributed by atoms with van der Waals surface area (Å²) in [6.45, 7) is 2.48. The van der Waals surface area contributed by atoms with Crippen LogP contribution in [0.2, 0.25) is 0 Å². The third kappa shape index (κ3) is 2.70. The molecule has 2 saturated carbocycles. The van der Waals surface area contributed by atoms with Crippen molar-refractivity contribution in [3.63, 3.8) is 0 Å². The zero-order chi connectivity index (χ0) is 17.6. The first-order valence-electron chi connectivity index (χ1n) is 9.29. The zero-order valence-corrected chi connectivity index (χ0v) is 15.0. The van der Waals surface area contributed by atoms with Gasteiger partial charge in [-0.2, -0.15) is 5.10 Å². The number of carbonyl (C=O) groups is 1. The van der Waals surface area contributed by atoms with Gasteiger partial charge < -0.3 is 10.5 Å². The third-order valence-electron chi connectivity index (χ3n) is 7.04. The Morgan fingerprint density at radius 3 is 2.96 bits per heavy atom. The minimum atomic E-state index is -0.579. The topological polar surface area (TPSA) is 76.7 Å². The number of fused-ring (bicyclic) bond motifs is 5. The molecule has 0 spiro atoms. The summed E-state index contributed by atoms with van der Waals surface area (Å²) >= 11 is 0. The molecule has 5 heteroatoms. The lowest BCUT2D eigenvalue weighted by Crippen LogP contribution is -2.45. The second kappa shape index (κ2) is 6.04. The summed E-state index contributed by atoms with van der Waals surface area (Å²) in [4.78, 5) is 10.9. The van der Waals surface area contributed by atoms with E-state index >= 15 is 0 Å². The van der Waals surface area contributed by atoms with Crippen molar-refractivity contribution in [1.82, 2.24) is 5.43 Å². The largest absolute Gasteiger partial charge is 0.497 e. The van der Waals surface area contributed by atoms with Crippen molar-refractivity contribution in [3.8, 4) is 5.75 Å². The molecule has 25 heavy (non-hydrogen) atoms.